The lowest BCUT2D eigenvalue weighted by Crippen LogP contribution is -2.14. The van der Waals surface area contributed by atoms with Crippen molar-refractivity contribution in [3.05, 3.63) is 23.8 Å². The average molecular weight is 195 g/mol. The van der Waals surface area contributed by atoms with E-state index in [0.29, 0.717) is 0 Å². The number of benzene rings is 1. The molecule has 1 amide bonds. The third-order valence-corrected chi connectivity index (χ3v) is 1.48. The highest BCUT2D eigenvalue weighted by Crippen LogP contribution is 2.23. The molecule has 14 heavy (non-hydrogen) atoms. The molecule has 0 spiro atoms. The molecule has 0 aliphatic rings. The van der Waals surface area contributed by atoms with Gasteiger partial charge in [0.15, 0.2) is 0 Å². The number of aromatic hydroxyl groups is 1. The molecule has 0 saturated carbocycles. The normalized spacial score (nSPS) is 9.50. The first-order valence-corrected chi connectivity index (χ1v) is 3.82. The van der Waals surface area contributed by atoms with E-state index in [-0.39, 0.29) is 17.1 Å². The highest BCUT2D eigenvalue weighted by atomic mass is 16.5. The molecule has 5 heteroatoms. The Kier molecular flexibility index (Phi) is 2.71. The average Bonchev–Trinajstić information content (AvgIpc) is 2.01. The minimum Gasteiger partial charge on any atom is -0.508 e. The number of phenolic OH excluding ortho intramolecular Hbond substituents is 1. The first-order valence-electron chi connectivity index (χ1n) is 3.82. The fraction of sp³-hybridized carbons (Fsp3) is 0.111. The second-order valence-electron chi connectivity index (χ2n) is 2.64. The summed E-state index contributed by atoms with van der Waals surface area (Å²) < 4.78 is 4.69. The van der Waals surface area contributed by atoms with Gasteiger partial charge < -0.3 is 15.6 Å². The van der Waals surface area contributed by atoms with Gasteiger partial charge >= 0.3 is 5.97 Å². The summed E-state index contributed by atoms with van der Waals surface area (Å²) in [6.45, 7) is 1.19. The monoisotopic (exact) mass is 195 g/mol. The zero-order valence-corrected chi connectivity index (χ0v) is 7.48. The van der Waals surface area contributed by atoms with Crippen molar-refractivity contribution >= 4 is 11.9 Å². The van der Waals surface area contributed by atoms with Gasteiger partial charge in [0.05, 0.1) is 5.56 Å². The number of hydrogen-bond donors (Lipinski definition) is 2. The summed E-state index contributed by atoms with van der Waals surface area (Å²) in [5.74, 6) is -1.45. The molecule has 1 rings (SSSR count). The van der Waals surface area contributed by atoms with Crippen LogP contribution in [-0.4, -0.2) is 17.0 Å². The van der Waals surface area contributed by atoms with E-state index >= 15 is 0 Å². The molecule has 0 aliphatic heterocycles. The first kappa shape index (κ1) is 10.0. The van der Waals surface area contributed by atoms with Gasteiger partial charge in [-0.3, -0.25) is 9.59 Å². The van der Waals surface area contributed by atoms with Gasteiger partial charge in [-0.1, -0.05) is 0 Å². The zero-order chi connectivity index (χ0) is 10.7. The highest BCUT2D eigenvalue weighted by molar-refractivity contribution is 5.96. The maximum absolute atomic E-state index is 10.9. The van der Waals surface area contributed by atoms with Gasteiger partial charge in [0.2, 0.25) is 0 Å². The van der Waals surface area contributed by atoms with Gasteiger partial charge in [0.25, 0.3) is 5.91 Å². The van der Waals surface area contributed by atoms with Crippen LogP contribution in [0.4, 0.5) is 0 Å². The van der Waals surface area contributed by atoms with Gasteiger partial charge in [-0.05, 0) is 12.1 Å². The van der Waals surface area contributed by atoms with Crippen molar-refractivity contribution in [2.75, 3.05) is 0 Å². The molecular weight excluding hydrogens is 186 g/mol. The fourth-order valence-corrected chi connectivity index (χ4v) is 0.954. The van der Waals surface area contributed by atoms with E-state index in [1.54, 1.807) is 0 Å². The molecule has 1 aromatic carbocycles. The van der Waals surface area contributed by atoms with Crippen LogP contribution in [0.2, 0.25) is 0 Å². The van der Waals surface area contributed by atoms with Crippen LogP contribution >= 0.6 is 0 Å². The lowest BCUT2D eigenvalue weighted by Gasteiger charge is -2.05. The van der Waals surface area contributed by atoms with E-state index < -0.39 is 11.9 Å². The lowest BCUT2D eigenvalue weighted by atomic mass is 10.2. The van der Waals surface area contributed by atoms with E-state index in [4.69, 9.17) is 10.8 Å². The zero-order valence-electron chi connectivity index (χ0n) is 7.48. The van der Waals surface area contributed by atoms with Crippen LogP contribution in [0, 0.1) is 0 Å². The Morgan fingerprint density at radius 3 is 2.57 bits per heavy atom. The van der Waals surface area contributed by atoms with Crippen LogP contribution in [0.5, 0.6) is 11.5 Å². The maximum Gasteiger partial charge on any atom is 0.308 e. The topological polar surface area (TPSA) is 89.6 Å². The number of esters is 1. The van der Waals surface area contributed by atoms with Crippen molar-refractivity contribution in [3.8, 4) is 11.5 Å². The first-order chi connectivity index (χ1) is 6.50. The molecular formula is C9H9NO4. The minimum atomic E-state index is -0.721. The van der Waals surface area contributed by atoms with Gasteiger partial charge in [-0.25, -0.2) is 0 Å². The molecule has 0 unspecified atom stereocenters. The summed E-state index contributed by atoms with van der Waals surface area (Å²) in [5, 5.41) is 9.09. The van der Waals surface area contributed by atoms with Gasteiger partial charge in [-0.2, -0.15) is 0 Å². The lowest BCUT2D eigenvalue weighted by molar-refractivity contribution is -0.131. The Balaban J connectivity index is 3.15. The molecule has 1 aromatic rings. The number of phenols is 1. The summed E-state index contributed by atoms with van der Waals surface area (Å²) >= 11 is 0. The smallest absolute Gasteiger partial charge is 0.308 e. The largest absolute Gasteiger partial charge is 0.508 e. The quantitative estimate of drug-likeness (QED) is 0.528. The van der Waals surface area contributed by atoms with Gasteiger partial charge in [0.1, 0.15) is 11.5 Å². The number of hydrogen-bond acceptors (Lipinski definition) is 4. The molecule has 0 atom stereocenters. The summed E-state index contributed by atoms with van der Waals surface area (Å²) in [4.78, 5) is 21.5. The van der Waals surface area contributed by atoms with E-state index in [2.05, 4.69) is 4.74 Å². The molecule has 74 valence electrons. The number of nitrogens with two attached hydrogens (primary N) is 1. The van der Waals surface area contributed by atoms with E-state index in [1.807, 2.05) is 0 Å². The van der Waals surface area contributed by atoms with Crippen LogP contribution < -0.4 is 10.5 Å². The second kappa shape index (κ2) is 3.78. The minimum absolute atomic E-state index is 0.0370. The van der Waals surface area contributed by atoms with Crippen molar-refractivity contribution in [1.29, 1.82) is 0 Å². The second-order valence-corrected chi connectivity index (χ2v) is 2.64. The van der Waals surface area contributed by atoms with E-state index in [1.165, 1.54) is 19.1 Å². The maximum atomic E-state index is 10.9. The third kappa shape index (κ3) is 2.22. The summed E-state index contributed by atoms with van der Waals surface area (Å²) in [6, 6.07) is 3.73. The number of primary amides is 1. The Bertz CT molecular complexity index is 386. The molecule has 0 aromatic heterocycles. The SMILES string of the molecule is CC(=O)Oc1cc(O)ccc1C(N)=O. The summed E-state index contributed by atoms with van der Waals surface area (Å²) in [5.41, 5.74) is 5.08. The van der Waals surface area contributed by atoms with Crippen molar-refractivity contribution in [1.82, 2.24) is 0 Å². The van der Waals surface area contributed by atoms with Crippen molar-refractivity contribution in [2.24, 2.45) is 5.73 Å². The number of ether oxygens (including phenoxy) is 1. The van der Waals surface area contributed by atoms with Crippen LogP contribution in [0.15, 0.2) is 18.2 Å². The molecule has 3 N–H and O–H groups in total. The third-order valence-electron chi connectivity index (χ3n) is 1.48. The van der Waals surface area contributed by atoms with E-state index in [0.717, 1.165) is 6.07 Å². The predicted octanol–water partition coefficient (Wildman–Crippen LogP) is 0.416. The van der Waals surface area contributed by atoms with Gasteiger partial charge in [-0.15, -0.1) is 0 Å². The Morgan fingerprint density at radius 2 is 2.07 bits per heavy atom. The molecule has 5 nitrogen and oxygen atoms in total. The highest BCUT2D eigenvalue weighted by Gasteiger charge is 2.11. The van der Waals surface area contributed by atoms with Crippen LogP contribution in [0.25, 0.3) is 0 Å². The predicted molar refractivity (Wildman–Crippen MR) is 47.9 cm³/mol. The number of carbonyl (C=O) groups excluding carboxylic acids is 2. The number of amides is 1. The number of carbonyl (C=O) groups is 2. The molecule has 0 saturated heterocycles. The number of rotatable bonds is 2. The van der Waals surface area contributed by atoms with Crippen LogP contribution in [0.3, 0.4) is 0 Å². The van der Waals surface area contributed by atoms with Gasteiger partial charge in [0, 0.05) is 13.0 Å². The standard InChI is InChI=1S/C9H9NO4/c1-5(11)14-8-4-6(12)2-3-7(8)9(10)13/h2-4,12H,1H3,(H2,10,13). The Hall–Kier alpha value is -2.04. The summed E-state index contributed by atoms with van der Waals surface area (Å²) in [7, 11) is 0. The summed E-state index contributed by atoms with van der Waals surface area (Å²) in [6.07, 6.45) is 0. The molecule has 0 heterocycles. The van der Waals surface area contributed by atoms with Crippen LogP contribution in [0.1, 0.15) is 17.3 Å². The van der Waals surface area contributed by atoms with Crippen molar-refractivity contribution < 1.29 is 19.4 Å². The van der Waals surface area contributed by atoms with E-state index in [9.17, 15) is 9.59 Å². The molecule has 0 radical (unpaired) electrons. The molecule has 0 bridgehead atoms. The fourth-order valence-electron chi connectivity index (χ4n) is 0.954. The Labute approximate surface area is 80.1 Å². The van der Waals surface area contributed by atoms with Crippen molar-refractivity contribution in [2.45, 2.75) is 6.92 Å². The van der Waals surface area contributed by atoms with Crippen LogP contribution in [-0.2, 0) is 4.79 Å². The molecule has 0 aliphatic carbocycles. The molecule has 0 fully saturated rings. The van der Waals surface area contributed by atoms with Crippen molar-refractivity contribution in [3.63, 3.8) is 0 Å². The Morgan fingerprint density at radius 1 is 1.43 bits per heavy atom.